The molecule has 0 amide bonds. The van der Waals surface area contributed by atoms with Crippen LogP contribution in [0.15, 0.2) is 70.9 Å². The highest BCUT2D eigenvalue weighted by atomic mass is 35.5. The summed E-state index contributed by atoms with van der Waals surface area (Å²) in [6.45, 7) is 0. The lowest BCUT2D eigenvalue weighted by Gasteiger charge is -2.14. The highest BCUT2D eigenvalue weighted by Gasteiger charge is 2.22. The van der Waals surface area contributed by atoms with Crippen molar-refractivity contribution in [2.24, 2.45) is 5.10 Å². The van der Waals surface area contributed by atoms with Crippen molar-refractivity contribution >= 4 is 29.1 Å². The number of fused-ring (bicyclic) bond motifs is 1. The molecule has 2 aromatic heterocycles. The van der Waals surface area contributed by atoms with Gasteiger partial charge in [-0.2, -0.15) is 14.9 Å². The molecule has 0 fully saturated rings. The first-order valence-corrected chi connectivity index (χ1v) is 9.68. The van der Waals surface area contributed by atoms with Crippen molar-refractivity contribution in [3.8, 4) is 22.8 Å². The van der Waals surface area contributed by atoms with Gasteiger partial charge < -0.3 is 0 Å². The van der Waals surface area contributed by atoms with Crippen LogP contribution in [0.2, 0.25) is 5.02 Å². The third-order valence-electron chi connectivity index (χ3n) is 4.24. The first-order valence-electron chi connectivity index (χ1n) is 8.32. The average molecular weight is 393 g/mol. The van der Waals surface area contributed by atoms with E-state index in [9.17, 15) is 0 Å². The zero-order valence-corrected chi connectivity index (χ0v) is 15.6. The van der Waals surface area contributed by atoms with E-state index in [1.165, 1.54) is 0 Å². The van der Waals surface area contributed by atoms with Gasteiger partial charge in [0.25, 0.3) is 0 Å². The first kappa shape index (κ1) is 16.3. The second kappa shape index (κ2) is 6.68. The minimum atomic E-state index is 0.622. The zero-order valence-electron chi connectivity index (χ0n) is 14.0. The van der Waals surface area contributed by atoms with Crippen LogP contribution in [0.5, 0.6) is 0 Å². The van der Waals surface area contributed by atoms with Crippen molar-refractivity contribution in [1.29, 1.82) is 0 Å². The lowest BCUT2D eigenvalue weighted by Crippen LogP contribution is -2.14. The summed E-state index contributed by atoms with van der Waals surface area (Å²) in [4.78, 5) is 0. The predicted molar refractivity (Wildman–Crippen MR) is 107 cm³/mol. The maximum atomic E-state index is 6.34. The van der Waals surface area contributed by atoms with Gasteiger partial charge in [0.05, 0.1) is 11.4 Å². The Hall–Kier alpha value is -2.90. The Morgan fingerprint density at radius 3 is 2.67 bits per heavy atom. The number of halogens is 1. The molecule has 1 aliphatic rings. The van der Waals surface area contributed by atoms with Gasteiger partial charge in [-0.15, -0.1) is 10.2 Å². The lowest BCUT2D eigenvalue weighted by molar-refractivity contribution is 0.760. The number of H-pyrrole nitrogens is 1. The summed E-state index contributed by atoms with van der Waals surface area (Å²) in [5.74, 6) is 1.32. The number of hydrogen-bond donors (Lipinski definition) is 1. The molecule has 8 heteroatoms. The van der Waals surface area contributed by atoms with Gasteiger partial charge in [0.15, 0.2) is 0 Å². The number of thioether (sulfide) groups is 1. The van der Waals surface area contributed by atoms with E-state index >= 15 is 0 Å². The highest BCUT2D eigenvalue weighted by Crippen LogP contribution is 2.30. The van der Waals surface area contributed by atoms with Gasteiger partial charge in [0.2, 0.25) is 11.0 Å². The summed E-state index contributed by atoms with van der Waals surface area (Å²) in [6.07, 6.45) is 0. The summed E-state index contributed by atoms with van der Waals surface area (Å²) < 4.78 is 1.75. The molecule has 0 bridgehead atoms. The number of nitrogens with one attached hydrogen (secondary N) is 1. The van der Waals surface area contributed by atoms with E-state index in [2.05, 4.69) is 20.4 Å². The third kappa shape index (κ3) is 2.94. The Balaban J connectivity index is 1.56. The van der Waals surface area contributed by atoms with Crippen LogP contribution < -0.4 is 0 Å². The molecule has 0 atom stereocenters. The zero-order chi connectivity index (χ0) is 18.2. The van der Waals surface area contributed by atoms with Gasteiger partial charge >= 0.3 is 0 Å². The predicted octanol–water partition coefficient (Wildman–Crippen LogP) is 4.35. The van der Waals surface area contributed by atoms with Crippen LogP contribution in [0.4, 0.5) is 0 Å². The molecule has 0 saturated carbocycles. The molecule has 0 aliphatic carbocycles. The van der Waals surface area contributed by atoms with Gasteiger partial charge in [0, 0.05) is 21.9 Å². The molecular formula is C19H13ClN6S. The van der Waals surface area contributed by atoms with Crippen molar-refractivity contribution in [2.75, 3.05) is 5.75 Å². The van der Waals surface area contributed by atoms with Crippen LogP contribution in [-0.2, 0) is 0 Å². The molecule has 2 aromatic carbocycles. The molecule has 0 spiro atoms. The second-order valence-electron chi connectivity index (χ2n) is 5.97. The first-order chi connectivity index (χ1) is 13.3. The van der Waals surface area contributed by atoms with Crippen LogP contribution in [0.3, 0.4) is 0 Å². The van der Waals surface area contributed by atoms with Gasteiger partial charge in [-0.3, -0.25) is 5.10 Å². The third-order valence-corrected chi connectivity index (χ3v) is 5.50. The van der Waals surface area contributed by atoms with E-state index in [-0.39, 0.29) is 0 Å². The molecule has 6 nitrogen and oxygen atoms in total. The van der Waals surface area contributed by atoms with Crippen molar-refractivity contribution in [3.05, 3.63) is 71.2 Å². The standard InChI is InChI=1S/C19H13ClN6S/c20-14-9-5-4-8-13(14)17-11-27-19-24-23-18(26(19)25-17)16-10-15(21-22-16)12-6-2-1-3-7-12/h1-10H,11H2,(H,21,22). The maximum Gasteiger partial charge on any atom is 0.212 e. The quantitative estimate of drug-likeness (QED) is 0.562. The largest absolute Gasteiger partial charge is 0.274 e. The SMILES string of the molecule is Clc1ccccc1C1=Nn2c(nnc2-c2cc(-c3ccccc3)n[nH]2)SC1. The number of aromatic amines is 1. The monoisotopic (exact) mass is 392 g/mol. The highest BCUT2D eigenvalue weighted by molar-refractivity contribution is 7.99. The van der Waals surface area contributed by atoms with E-state index in [1.807, 2.05) is 60.7 Å². The maximum absolute atomic E-state index is 6.34. The molecule has 5 rings (SSSR count). The summed E-state index contributed by atoms with van der Waals surface area (Å²) >= 11 is 7.92. The Kier molecular flexibility index (Phi) is 4.03. The molecule has 4 aromatic rings. The molecular weight excluding hydrogens is 380 g/mol. The fourth-order valence-corrected chi connectivity index (χ4v) is 3.99. The second-order valence-corrected chi connectivity index (χ2v) is 7.32. The molecule has 0 radical (unpaired) electrons. The summed E-state index contributed by atoms with van der Waals surface area (Å²) in [7, 11) is 0. The van der Waals surface area contributed by atoms with Gasteiger partial charge in [-0.1, -0.05) is 71.9 Å². The average Bonchev–Trinajstić information content (AvgIpc) is 3.35. The van der Waals surface area contributed by atoms with Crippen molar-refractivity contribution in [3.63, 3.8) is 0 Å². The van der Waals surface area contributed by atoms with E-state index in [0.29, 0.717) is 16.6 Å². The smallest absolute Gasteiger partial charge is 0.212 e. The van der Waals surface area contributed by atoms with Crippen LogP contribution >= 0.6 is 23.4 Å². The van der Waals surface area contributed by atoms with Crippen LogP contribution in [-0.4, -0.2) is 36.5 Å². The van der Waals surface area contributed by atoms with Crippen LogP contribution in [0.1, 0.15) is 5.56 Å². The topological polar surface area (TPSA) is 71.8 Å². The number of rotatable bonds is 3. The molecule has 0 unspecified atom stereocenters. The van der Waals surface area contributed by atoms with Gasteiger partial charge in [-0.25, -0.2) is 0 Å². The van der Waals surface area contributed by atoms with Crippen LogP contribution in [0, 0.1) is 0 Å². The van der Waals surface area contributed by atoms with E-state index in [0.717, 1.165) is 33.4 Å². The molecule has 3 heterocycles. The van der Waals surface area contributed by atoms with E-state index < -0.39 is 0 Å². The molecule has 1 aliphatic heterocycles. The normalized spacial score (nSPS) is 13.3. The minimum Gasteiger partial charge on any atom is -0.274 e. The van der Waals surface area contributed by atoms with Gasteiger partial charge in [0.1, 0.15) is 5.69 Å². The number of benzene rings is 2. The van der Waals surface area contributed by atoms with Crippen molar-refractivity contribution < 1.29 is 0 Å². The summed E-state index contributed by atoms with van der Waals surface area (Å²) in [5, 5.41) is 22.2. The van der Waals surface area contributed by atoms with Crippen LogP contribution in [0.25, 0.3) is 22.8 Å². The Morgan fingerprint density at radius 2 is 1.81 bits per heavy atom. The fraction of sp³-hybridized carbons (Fsp3) is 0.0526. The van der Waals surface area contributed by atoms with E-state index in [4.69, 9.17) is 16.7 Å². The minimum absolute atomic E-state index is 0.622. The fourth-order valence-electron chi connectivity index (χ4n) is 2.92. The summed E-state index contributed by atoms with van der Waals surface area (Å²) in [6, 6.07) is 19.6. The van der Waals surface area contributed by atoms with Gasteiger partial charge in [-0.05, 0) is 12.1 Å². The van der Waals surface area contributed by atoms with Crippen molar-refractivity contribution in [1.82, 2.24) is 25.1 Å². The Bertz CT molecular complexity index is 1150. The van der Waals surface area contributed by atoms with Crippen molar-refractivity contribution in [2.45, 2.75) is 5.16 Å². The molecule has 27 heavy (non-hydrogen) atoms. The molecule has 1 N–H and O–H groups in total. The number of nitrogens with zero attached hydrogens (tertiary/aromatic N) is 5. The number of hydrogen-bond acceptors (Lipinski definition) is 5. The molecule has 0 saturated heterocycles. The number of aromatic nitrogens is 5. The Labute approximate surface area is 164 Å². The summed E-state index contributed by atoms with van der Waals surface area (Å²) in [5.41, 5.74) is 4.46. The lowest BCUT2D eigenvalue weighted by atomic mass is 10.1. The Morgan fingerprint density at radius 1 is 1.00 bits per heavy atom. The van der Waals surface area contributed by atoms with E-state index in [1.54, 1.807) is 16.4 Å². The molecule has 132 valence electrons.